The van der Waals surface area contributed by atoms with Crippen LogP contribution in [0.25, 0.3) is 0 Å². The van der Waals surface area contributed by atoms with E-state index in [9.17, 15) is 9.50 Å². The maximum atomic E-state index is 13.1. The molecule has 0 spiro atoms. The largest absolute Gasteiger partial charge is 0.388 e. The Balaban J connectivity index is 2.04. The van der Waals surface area contributed by atoms with Crippen LogP contribution in [-0.2, 0) is 6.54 Å². The van der Waals surface area contributed by atoms with Crippen LogP contribution in [0.2, 0.25) is 0 Å². The van der Waals surface area contributed by atoms with Gasteiger partial charge in [0.05, 0.1) is 11.2 Å². The average Bonchev–Trinajstić information content (AvgIpc) is 2.18. The predicted molar refractivity (Wildman–Crippen MR) is 57.0 cm³/mol. The molecule has 0 radical (unpaired) electrons. The van der Waals surface area contributed by atoms with Crippen molar-refractivity contribution in [2.24, 2.45) is 0 Å². The summed E-state index contributed by atoms with van der Waals surface area (Å²) in [7, 11) is 0. The Labute approximate surface area is 93.7 Å². The van der Waals surface area contributed by atoms with Crippen molar-refractivity contribution < 1.29 is 9.50 Å². The van der Waals surface area contributed by atoms with Gasteiger partial charge in [-0.15, -0.1) is 0 Å². The summed E-state index contributed by atoms with van der Waals surface area (Å²) in [6, 6.07) is 6.36. The molecule has 1 saturated heterocycles. The Morgan fingerprint density at radius 3 is 2.81 bits per heavy atom. The van der Waals surface area contributed by atoms with Crippen molar-refractivity contribution in [1.82, 2.24) is 4.90 Å². The number of rotatable bonds is 2. The Bertz CT molecular complexity index is 443. The van der Waals surface area contributed by atoms with Crippen LogP contribution in [0.15, 0.2) is 18.2 Å². The van der Waals surface area contributed by atoms with Crippen LogP contribution in [0.4, 0.5) is 4.39 Å². The highest BCUT2D eigenvalue weighted by Crippen LogP contribution is 2.22. The van der Waals surface area contributed by atoms with E-state index in [2.05, 4.69) is 0 Å². The highest BCUT2D eigenvalue weighted by atomic mass is 19.1. The standard InChI is InChI=1S/C12H13FN2O/c1-12(16)7-15(8-12)6-9-2-3-11(13)10(4-9)5-14/h2-4,16H,6-8H2,1H3. The fraction of sp³-hybridized carbons (Fsp3) is 0.417. The molecule has 1 N–H and O–H groups in total. The van der Waals surface area contributed by atoms with Gasteiger partial charge in [0, 0.05) is 19.6 Å². The Morgan fingerprint density at radius 1 is 1.56 bits per heavy atom. The zero-order chi connectivity index (χ0) is 11.8. The zero-order valence-corrected chi connectivity index (χ0v) is 9.07. The number of hydrogen-bond acceptors (Lipinski definition) is 3. The summed E-state index contributed by atoms with van der Waals surface area (Å²) in [6.07, 6.45) is 0. The third-order valence-electron chi connectivity index (χ3n) is 2.69. The summed E-state index contributed by atoms with van der Waals surface area (Å²) in [5.74, 6) is -0.484. The van der Waals surface area contributed by atoms with E-state index in [0.29, 0.717) is 19.6 Å². The molecule has 0 amide bonds. The number of nitrogens with zero attached hydrogens (tertiary/aromatic N) is 2. The van der Waals surface area contributed by atoms with Gasteiger partial charge in [-0.2, -0.15) is 5.26 Å². The SMILES string of the molecule is CC1(O)CN(Cc2ccc(F)c(C#N)c2)C1. The number of hydrogen-bond donors (Lipinski definition) is 1. The van der Waals surface area contributed by atoms with Gasteiger partial charge in [0.25, 0.3) is 0 Å². The minimum atomic E-state index is -0.599. The van der Waals surface area contributed by atoms with E-state index in [1.807, 2.05) is 11.0 Å². The van der Waals surface area contributed by atoms with Gasteiger partial charge in [0.15, 0.2) is 0 Å². The molecule has 16 heavy (non-hydrogen) atoms. The second kappa shape index (κ2) is 3.85. The van der Waals surface area contributed by atoms with Crippen LogP contribution >= 0.6 is 0 Å². The molecular weight excluding hydrogens is 207 g/mol. The summed E-state index contributed by atoms with van der Waals surface area (Å²) >= 11 is 0. The van der Waals surface area contributed by atoms with Crippen LogP contribution in [-0.4, -0.2) is 28.7 Å². The highest BCUT2D eigenvalue weighted by molar-refractivity contribution is 5.34. The number of benzene rings is 1. The molecule has 1 heterocycles. The van der Waals surface area contributed by atoms with E-state index in [-0.39, 0.29) is 5.56 Å². The van der Waals surface area contributed by atoms with Gasteiger partial charge >= 0.3 is 0 Å². The molecule has 1 fully saturated rings. The molecule has 0 saturated carbocycles. The Morgan fingerprint density at radius 2 is 2.25 bits per heavy atom. The van der Waals surface area contributed by atoms with Crippen LogP contribution < -0.4 is 0 Å². The lowest BCUT2D eigenvalue weighted by molar-refractivity contribution is -0.0871. The molecule has 84 valence electrons. The quantitative estimate of drug-likeness (QED) is 0.816. The fourth-order valence-corrected chi connectivity index (χ4v) is 2.04. The minimum Gasteiger partial charge on any atom is -0.388 e. The summed E-state index contributed by atoms with van der Waals surface area (Å²) in [5.41, 5.74) is 0.371. The molecule has 1 aliphatic rings. The third kappa shape index (κ3) is 2.21. The molecule has 3 nitrogen and oxygen atoms in total. The van der Waals surface area contributed by atoms with Gasteiger partial charge in [-0.05, 0) is 24.6 Å². The summed E-state index contributed by atoms with van der Waals surface area (Å²) < 4.78 is 13.1. The zero-order valence-electron chi connectivity index (χ0n) is 9.07. The molecule has 1 aliphatic heterocycles. The van der Waals surface area contributed by atoms with E-state index in [1.54, 1.807) is 19.1 Å². The van der Waals surface area contributed by atoms with Crippen LogP contribution in [0, 0.1) is 17.1 Å². The summed E-state index contributed by atoms with van der Waals surface area (Å²) in [6.45, 7) is 3.67. The average molecular weight is 220 g/mol. The highest BCUT2D eigenvalue weighted by Gasteiger charge is 2.36. The molecule has 0 aliphatic carbocycles. The molecule has 0 unspecified atom stereocenters. The van der Waals surface area contributed by atoms with E-state index >= 15 is 0 Å². The third-order valence-corrected chi connectivity index (χ3v) is 2.69. The van der Waals surface area contributed by atoms with Gasteiger partial charge in [0.2, 0.25) is 0 Å². The monoisotopic (exact) mass is 220 g/mol. The number of β-amino-alcohol motifs (C(OH)–C–C–N with tert-alkyl or cyclic N) is 1. The van der Waals surface area contributed by atoms with Crippen molar-refractivity contribution in [3.05, 3.63) is 35.1 Å². The van der Waals surface area contributed by atoms with Gasteiger partial charge < -0.3 is 5.11 Å². The van der Waals surface area contributed by atoms with Gasteiger partial charge in [-0.1, -0.05) is 6.07 Å². The Hall–Kier alpha value is -1.44. The fourth-order valence-electron chi connectivity index (χ4n) is 2.04. The Kier molecular flexibility index (Phi) is 2.66. The van der Waals surface area contributed by atoms with E-state index < -0.39 is 11.4 Å². The van der Waals surface area contributed by atoms with Crippen molar-refractivity contribution in [2.75, 3.05) is 13.1 Å². The first-order valence-electron chi connectivity index (χ1n) is 5.13. The van der Waals surface area contributed by atoms with E-state index in [4.69, 9.17) is 5.26 Å². The molecule has 0 atom stereocenters. The lowest BCUT2D eigenvalue weighted by Crippen LogP contribution is -2.59. The number of likely N-dealkylation sites (tertiary alicyclic amines) is 1. The second-order valence-electron chi connectivity index (χ2n) is 4.57. The van der Waals surface area contributed by atoms with Gasteiger partial charge in [0.1, 0.15) is 11.9 Å². The van der Waals surface area contributed by atoms with E-state index in [0.717, 1.165) is 5.56 Å². The first-order valence-corrected chi connectivity index (χ1v) is 5.13. The van der Waals surface area contributed by atoms with E-state index in [1.165, 1.54) is 6.07 Å². The molecule has 0 bridgehead atoms. The van der Waals surface area contributed by atoms with Crippen molar-refractivity contribution in [2.45, 2.75) is 19.1 Å². The van der Waals surface area contributed by atoms with Crippen molar-refractivity contribution in [3.63, 3.8) is 0 Å². The molecule has 1 aromatic carbocycles. The van der Waals surface area contributed by atoms with Gasteiger partial charge in [-0.3, -0.25) is 4.90 Å². The second-order valence-corrected chi connectivity index (χ2v) is 4.57. The lowest BCUT2D eigenvalue weighted by atomic mass is 9.96. The lowest BCUT2D eigenvalue weighted by Gasteiger charge is -2.44. The topological polar surface area (TPSA) is 47.3 Å². The number of halogens is 1. The normalized spacial score (nSPS) is 18.9. The summed E-state index contributed by atoms with van der Waals surface area (Å²) in [5, 5.41) is 18.2. The van der Waals surface area contributed by atoms with Crippen molar-refractivity contribution >= 4 is 0 Å². The maximum absolute atomic E-state index is 13.1. The van der Waals surface area contributed by atoms with Crippen LogP contribution in [0.5, 0.6) is 0 Å². The molecule has 0 aromatic heterocycles. The van der Waals surface area contributed by atoms with Crippen LogP contribution in [0.3, 0.4) is 0 Å². The molecule has 1 aromatic rings. The smallest absolute Gasteiger partial charge is 0.140 e. The molecule has 4 heteroatoms. The minimum absolute atomic E-state index is 0.0739. The maximum Gasteiger partial charge on any atom is 0.140 e. The number of nitriles is 1. The van der Waals surface area contributed by atoms with Crippen LogP contribution in [0.1, 0.15) is 18.1 Å². The number of aliphatic hydroxyl groups is 1. The molecular formula is C12H13FN2O. The van der Waals surface area contributed by atoms with Crippen molar-refractivity contribution in [1.29, 1.82) is 5.26 Å². The summed E-state index contributed by atoms with van der Waals surface area (Å²) in [4.78, 5) is 2.05. The van der Waals surface area contributed by atoms with Crippen molar-refractivity contribution in [3.8, 4) is 6.07 Å². The molecule has 2 rings (SSSR count). The first kappa shape index (κ1) is 11.1. The first-order chi connectivity index (χ1) is 7.50. The van der Waals surface area contributed by atoms with Gasteiger partial charge in [-0.25, -0.2) is 4.39 Å². The predicted octanol–water partition coefficient (Wildman–Crippen LogP) is 1.26.